The summed E-state index contributed by atoms with van der Waals surface area (Å²) in [6, 6.07) is 7.87. The number of nitrogens with one attached hydrogen (secondary N) is 1. The summed E-state index contributed by atoms with van der Waals surface area (Å²) in [5, 5.41) is 3.27. The summed E-state index contributed by atoms with van der Waals surface area (Å²) >= 11 is 0. The largest absolute Gasteiger partial charge is 0.384 e. The number of pyridine rings is 1. The number of nitrogens with zero attached hydrogens (tertiary/aromatic N) is 4. The lowest BCUT2D eigenvalue weighted by Gasteiger charge is -2.28. The Morgan fingerprint density at radius 2 is 1.90 bits per heavy atom. The number of fused-ring (bicyclic) bond motifs is 1. The van der Waals surface area contributed by atoms with E-state index in [-0.39, 0.29) is 41.5 Å². The van der Waals surface area contributed by atoms with Crippen molar-refractivity contribution >= 4 is 40.1 Å². The Labute approximate surface area is 177 Å². The highest BCUT2D eigenvalue weighted by Crippen LogP contribution is 2.22. The summed E-state index contributed by atoms with van der Waals surface area (Å²) < 4.78 is 6.89. The van der Waals surface area contributed by atoms with E-state index in [0.717, 1.165) is 37.7 Å². The third-order valence-electron chi connectivity index (χ3n) is 5.14. The number of morpholine rings is 1. The van der Waals surface area contributed by atoms with E-state index in [1.54, 1.807) is 0 Å². The second kappa shape index (κ2) is 8.58. The van der Waals surface area contributed by atoms with Gasteiger partial charge in [-0.2, -0.15) is 4.98 Å². The molecule has 2 aromatic heterocycles. The molecule has 0 unspecified atom stereocenters. The second-order valence-corrected chi connectivity index (χ2v) is 7.10. The first-order valence-corrected chi connectivity index (χ1v) is 9.88. The fraction of sp³-hybridized carbons (Fsp3) is 0.300. The van der Waals surface area contributed by atoms with E-state index in [2.05, 4.69) is 20.2 Å². The number of carbonyl (C=O) groups is 1. The number of hydrogen-bond donors (Lipinski definition) is 4. The van der Waals surface area contributed by atoms with Crippen LogP contribution in [0.3, 0.4) is 0 Å². The predicted molar refractivity (Wildman–Crippen MR) is 119 cm³/mol. The van der Waals surface area contributed by atoms with Gasteiger partial charge < -0.3 is 36.7 Å². The van der Waals surface area contributed by atoms with Crippen LogP contribution in [0.4, 0.5) is 23.1 Å². The molecule has 3 aromatic rings. The van der Waals surface area contributed by atoms with E-state index in [1.165, 1.54) is 10.8 Å². The molecular weight excluding hydrogens is 400 g/mol. The fourth-order valence-electron chi connectivity index (χ4n) is 3.60. The van der Waals surface area contributed by atoms with Crippen molar-refractivity contribution in [1.29, 1.82) is 0 Å². The van der Waals surface area contributed by atoms with Crippen LogP contribution in [0.2, 0.25) is 0 Å². The van der Waals surface area contributed by atoms with E-state index >= 15 is 0 Å². The molecule has 0 saturated carbocycles. The van der Waals surface area contributed by atoms with Gasteiger partial charge in [0.25, 0.3) is 5.91 Å². The van der Waals surface area contributed by atoms with Crippen molar-refractivity contribution < 1.29 is 9.53 Å². The van der Waals surface area contributed by atoms with Gasteiger partial charge in [0.2, 0.25) is 11.4 Å². The van der Waals surface area contributed by atoms with Crippen molar-refractivity contribution in [2.45, 2.75) is 6.54 Å². The molecule has 11 nitrogen and oxygen atoms in total. The second-order valence-electron chi connectivity index (χ2n) is 7.10. The maximum Gasteiger partial charge on any atom is 0.256 e. The van der Waals surface area contributed by atoms with Crippen LogP contribution in [0.5, 0.6) is 0 Å². The van der Waals surface area contributed by atoms with Gasteiger partial charge in [0.05, 0.1) is 18.6 Å². The Hall–Kier alpha value is -3.70. The SMILES string of the molecule is NCCn1c(N)c(C(N)=O)c(=O)c2cnc(Nc3ccc(N4CCOCC4)cc3)nc21. The smallest absolute Gasteiger partial charge is 0.256 e. The van der Waals surface area contributed by atoms with Crippen LogP contribution in [0, 0.1) is 0 Å². The van der Waals surface area contributed by atoms with Crippen molar-refractivity contribution in [3.63, 3.8) is 0 Å². The molecule has 3 heterocycles. The quantitative estimate of drug-likeness (QED) is 0.426. The minimum Gasteiger partial charge on any atom is -0.384 e. The molecule has 1 aliphatic rings. The third-order valence-corrected chi connectivity index (χ3v) is 5.14. The number of nitrogens with two attached hydrogens (primary N) is 3. The minimum atomic E-state index is -0.905. The topological polar surface area (TPSA) is 167 Å². The van der Waals surface area contributed by atoms with Crippen molar-refractivity contribution in [3.8, 4) is 0 Å². The molecule has 0 atom stereocenters. The van der Waals surface area contributed by atoms with Gasteiger partial charge in [0, 0.05) is 43.8 Å². The van der Waals surface area contributed by atoms with Crippen molar-refractivity contribution in [1.82, 2.24) is 14.5 Å². The maximum atomic E-state index is 12.7. The van der Waals surface area contributed by atoms with Crippen molar-refractivity contribution in [2.24, 2.45) is 11.5 Å². The monoisotopic (exact) mass is 424 g/mol. The van der Waals surface area contributed by atoms with E-state index in [4.69, 9.17) is 21.9 Å². The molecular formula is C20H24N8O3. The Morgan fingerprint density at radius 3 is 2.55 bits per heavy atom. The number of hydrogen-bond acceptors (Lipinski definition) is 9. The lowest BCUT2D eigenvalue weighted by atomic mass is 10.1. The molecule has 1 amide bonds. The number of anilines is 4. The van der Waals surface area contributed by atoms with Crippen LogP contribution in [-0.2, 0) is 11.3 Å². The summed E-state index contributed by atoms with van der Waals surface area (Å²) in [6.45, 7) is 3.64. The van der Waals surface area contributed by atoms with E-state index in [0.29, 0.717) is 0 Å². The minimum absolute atomic E-state index is 0.0602. The first-order chi connectivity index (χ1) is 15.0. The van der Waals surface area contributed by atoms with Gasteiger partial charge in [-0.3, -0.25) is 9.59 Å². The van der Waals surface area contributed by atoms with Gasteiger partial charge in [-0.15, -0.1) is 0 Å². The van der Waals surface area contributed by atoms with E-state index in [9.17, 15) is 9.59 Å². The fourth-order valence-corrected chi connectivity index (χ4v) is 3.60. The molecule has 31 heavy (non-hydrogen) atoms. The van der Waals surface area contributed by atoms with Crippen molar-refractivity contribution in [2.75, 3.05) is 48.8 Å². The van der Waals surface area contributed by atoms with Crippen LogP contribution >= 0.6 is 0 Å². The standard InChI is InChI=1S/C20H24N8O3/c21-5-6-28-17(22)15(18(23)30)16(29)14-11-24-20(26-19(14)28)25-12-1-3-13(4-2-12)27-7-9-31-10-8-27/h1-4,11H,5-10,21-22H2,(H2,23,30)(H,24,25,26). The highest BCUT2D eigenvalue weighted by molar-refractivity contribution is 6.00. The molecule has 1 fully saturated rings. The highest BCUT2D eigenvalue weighted by Gasteiger charge is 2.20. The van der Waals surface area contributed by atoms with Crippen LogP contribution in [0.1, 0.15) is 10.4 Å². The summed E-state index contributed by atoms with van der Waals surface area (Å²) in [7, 11) is 0. The average Bonchev–Trinajstić information content (AvgIpc) is 2.77. The first-order valence-electron chi connectivity index (χ1n) is 9.88. The van der Waals surface area contributed by atoms with Gasteiger partial charge in [-0.1, -0.05) is 0 Å². The number of rotatable bonds is 6. The summed E-state index contributed by atoms with van der Waals surface area (Å²) in [4.78, 5) is 35.3. The van der Waals surface area contributed by atoms with E-state index < -0.39 is 11.3 Å². The molecule has 1 saturated heterocycles. The average molecular weight is 424 g/mol. The molecule has 1 aliphatic heterocycles. The highest BCUT2D eigenvalue weighted by atomic mass is 16.5. The van der Waals surface area contributed by atoms with Crippen LogP contribution in [-0.4, -0.2) is 53.3 Å². The van der Waals surface area contributed by atoms with Crippen molar-refractivity contribution in [3.05, 3.63) is 46.2 Å². The van der Waals surface area contributed by atoms with Gasteiger partial charge in [0.15, 0.2) is 5.65 Å². The molecule has 0 bridgehead atoms. The first kappa shape index (κ1) is 20.6. The number of nitrogen functional groups attached to an aromatic ring is 1. The molecule has 0 aliphatic carbocycles. The van der Waals surface area contributed by atoms with E-state index in [1.807, 2.05) is 24.3 Å². The number of carbonyl (C=O) groups excluding carboxylic acids is 1. The molecule has 4 rings (SSSR count). The van der Waals surface area contributed by atoms with Crippen LogP contribution in [0.15, 0.2) is 35.3 Å². The zero-order chi connectivity index (χ0) is 22.0. The molecule has 1 aromatic carbocycles. The third kappa shape index (κ3) is 4.00. The van der Waals surface area contributed by atoms with Crippen LogP contribution in [0.25, 0.3) is 11.0 Å². The molecule has 0 radical (unpaired) electrons. The summed E-state index contributed by atoms with van der Waals surface area (Å²) in [6.07, 6.45) is 1.36. The number of benzene rings is 1. The summed E-state index contributed by atoms with van der Waals surface area (Å²) in [5.74, 6) is -0.685. The van der Waals surface area contributed by atoms with Gasteiger partial charge in [-0.05, 0) is 24.3 Å². The molecule has 7 N–H and O–H groups in total. The maximum absolute atomic E-state index is 12.7. The zero-order valence-electron chi connectivity index (χ0n) is 16.9. The number of amides is 1. The lowest BCUT2D eigenvalue weighted by Crippen LogP contribution is -2.36. The predicted octanol–water partition coefficient (Wildman–Crippen LogP) is 0.0115. The Bertz CT molecular complexity index is 1170. The van der Waals surface area contributed by atoms with Gasteiger partial charge >= 0.3 is 0 Å². The number of aromatic nitrogens is 3. The Balaban J connectivity index is 1.67. The molecule has 162 valence electrons. The Morgan fingerprint density at radius 1 is 1.19 bits per heavy atom. The van der Waals surface area contributed by atoms with Gasteiger partial charge in [-0.25, -0.2) is 4.98 Å². The van der Waals surface area contributed by atoms with Gasteiger partial charge in [0.1, 0.15) is 11.4 Å². The molecule has 0 spiro atoms. The Kier molecular flexibility index (Phi) is 5.69. The van der Waals surface area contributed by atoms with Crippen LogP contribution < -0.4 is 32.8 Å². The number of ether oxygens (including phenoxy) is 1. The summed E-state index contributed by atoms with van der Waals surface area (Å²) in [5.41, 5.74) is 18.3. The number of primary amides is 1. The zero-order valence-corrected chi connectivity index (χ0v) is 16.9. The normalized spacial score (nSPS) is 14.0. The lowest BCUT2D eigenvalue weighted by molar-refractivity contribution is 0.0999. The molecule has 11 heteroatoms.